The fourth-order valence-corrected chi connectivity index (χ4v) is 4.19. The van der Waals surface area contributed by atoms with Gasteiger partial charge < -0.3 is 20.1 Å². The molecule has 2 atom stereocenters. The minimum absolute atomic E-state index is 0.0869. The van der Waals surface area contributed by atoms with Crippen molar-refractivity contribution in [3.63, 3.8) is 0 Å². The Morgan fingerprint density at radius 2 is 1.79 bits per heavy atom. The Kier molecular flexibility index (Phi) is 6.74. The summed E-state index contributed by atoms with van der Waals surface area (Å²) in [6.07, 6.45) is 0.822. The Labute approximate surface area is 198 Å². The molecule has 180 valence electrons. The lowest BCUT2D eigenvalue weighted by Gasteiger charge is -2.24. The molecule has 4 amide bonds. The molecule has 2 aliphatic heterocycles. The molecule has 0 saturated carbocycles. The van der Waals surface area contributed by atoms with Crippen LogP contribution in [-0.2, 0) is 15.1 Å². The first-order chi connectivity index (χ1) is 16.3. The van der Waals surface area contributed by atoms with Crippen LogP contribution < -0.4 is 25.5 Å². The number of carbonyl (C=O) groups excluding carboxylic acids is 3. The highest BCUT2D eigenvalue weighted by Crippen LogP contribution is 2.34. The van der Waals surface area contributed by atoms with E-state index >= 15 is 0 Å². The quantitative estimate of drug-likeness (QED) is 0.542. The third kappa shape index (κ3) is 4.70. The number of hydrogen-bond acceptors (Lipinski definition) is 6. The van der Waals surface area contributed by atoms with E-state index in [0.29, 0.717) is 30.3 Å². The normalized spacial score (nSPS) is 20.6. The van der Waals surface area contributed by atoms with Gasteiger partial charge in [0, 0.05) is 12.5 Å². The topological polar surface area (TPSA) is 109 Å². The Balaban J connectivity index is 1.41. The molecule has 1 saturated heterocycles. The second-order valence-electron chi connectivity index (χ2n) is 8.96. The average molecular weight is 467 g/mol. The van der Waals surface area contributed by atoms with Crippen LogP contribution in [-0.4, -0.2) is 42.6 Å². The molecular weight excluding hydrogens is 436 g/mol. The predicted molar refractivity (Wildman–Crippen MR) is 125 cm³/mol. The summed E-state index contributed by atoms with van der Waals surface area (Å²) in [7, 11) is 0. The maximum Gasteiger partial charge on any atom is 0.344 e. The average Bonchev–Trinajstić information content (AvgIpc) is 2.98. The molecule has 2 aliphatic rings. The Morgan fingerprint density at radius 1 is 1.09 bits per heavy atom. The molecule has 4 rings (SSSR count). The predicted octanol–water partition coefficient (Wildman–Crippen LogP) is 2.63. The molecule has 2 aromatic rings. The maximum atomic E-state index is 13.0. The van der Waals surface area contributed by atoms with Crippen molar-refractivity contribution in [2.24, 2.45) is 5.92 Å². The van der Waals surface area contributed by atoms with Crippen molar-refractivity contribution in [2.45, 2.75) is 38.8 Å². The van der Waals surface area contributed by atoms with Crippen LogP contribution in [0.1, 0.15) is 44.4 Å². The van der Waals surface area contributed by atoms with E-state index in [4.69, 9.17) is 9.47 Å². The molecule has 3 N–H and O–H groups in total. The van der Waals surface area contributed by atoms with Crippen molar-refractivity contribution in [1.82, 2.24) is 21.1 Å². The molecule has 0 unspecified atom stereocenters. The highest BCUT2D eigenvalue weighted by atomic mass is 16.5. The third-order valence-electron chi connectivity index (χ3n) is 6.06. The Hall–Kier alpha value is -3.59. The Bertz CT molecular complexity index is 1070. The van der Waals surface area contributed by atoms with E-state index in [-0.39, 0.29) is 18.5 Å². The van der Waals surface area contributed by atoms with E-state index in [1.807, 2.05) is 38.1 Å². The van der Waals surface area contributed by atoms with E-state index in [1.54, 1.807) is 31.2 Å². The summed E-state index contributed by atoms with van der Waals surface area (Å²) in [4.78, 5) is 38.1. The van der Waals surface area contributed by atoms with Crippen LogP contribution in [0.15, 0.2) is 48.5 Å². The molecular formula is C25H30N4O5. The smallest absolute Gasteiger partial charge is 0.344 e. The number of benzene rings is 2. The lowest BCUT2D eigenvalue weighted by molar-refractivity contribution is -0.138. The summed E-state index contributed by atoms with van der Waals surface area (Å²) >= 11 is 0. The molecule has 9 nitrogen and oxygen atoms in total. The SMILES string of the molecule is CC(C)[C@@H](NCC(=O)NN1C(=O)N[C@](C)(c2ccccc2)C1=O)c1ccc2c(c1)OCCCO2. The lowest BCUT2D eigenvalue weighted by atomic mass is 9.92. The van der Waals surface area contributed by atoms with Gasteiger partial charge in [0.25, 0.3) is 11.8 Å². The Morgan fingerprint density at radius 3 is 2.50 bits per heavy atom. The number of hydrazine groups is 1. The van der Waals surface area contributed by atoms with E-state index in [1.165, 1.54) is 0 Å². The molecule has 2 aromatic carbocycles. The summed E-state index contributed by atoms with van der Waals surface area (Å²) in [6.45, 7) is 6.82. The van der Waals surface area contributed by atoms with Crippen LogP contribution in [0, 0.1) is 5.92 Å². The second kappa shape index (κ2) is 9.72. The lowest BCUT2D eigenvalue weighted by Crippen LogP contribution is -2.50. The molecule has 0 aliphatic carbocycles. The minimum atomic E-state index is -1.25. The van der Waals surface area contributed by atoms with E-state index in [2.05, 4.69) is 16.1 Å². The molecule has 1 fully saturated rings. The van der Waals surface area contributed by atoms with Crippen LogP contribution in [0.5, 0.6) is 11.5 Å². The van der Waals surface area contributed by atoms with Gasteiger partial charge in [-0.05, 0) is 36.1 Å². The zero-order chi connectivity index (χ0) is 24.3. The first-order valence-electron chi connectivity index (χ1n) is 11.4. The zero-order valence-electron chi connectivity index (χ0n) is 19.6. The van der Waals surface area contributed by atoms with Gasteiger partial charge in [-0.3, -0.25) is 15.0 Å². The largest absolute Gasteiger partial charge is 0.490 e. The number of nitrogens with one attached hydrogen (secondary N) is 3. The van der Waals surface area contributed by atoms with Gasteiger partial charge in [0.1, 0.15) is 5.54 Å². The molecule has 0 spiro atoms. The first-order valence-corrected chi connectivity index (χ1v) is 11.4. The molecule has 0 bridgehead atoms. The number of amides is 4. The number of urea groups is 1. The van der Waals surface area contributed by atoms with Crippen molar-refractivity contribution in [3.8, 4) is 11.5 Å². The highest BCUT2D eigenvalue weighted by Gasteiger charge is 2.49. The standard InChI is InChI=1S/C25H30N4O5/c1-16(2)22(17-10-11-19-20(14-17)34-13-7-12-33-19)26-15-21(30)28-29-23(31)25(3,27-24(29)32)18-8-5-4-6-9-18/h4-6,8-11,14,16,22,26H,7,12-13,15H2,1-3H3,(H,27,32)(H,28,30)/t22-,25-/m1/s1. The van der Waals surface area contributed by atoms with E-state index < -0.39 is 23.4 Å². The fraction of sp³-hybridized carbons (Fsp3) is 0.400. The van der Waals surface area contributed by atoms with Gasteiger partial charge in [0.15, 0.2) is 11.5 Å². The molecule has 0 radical (unpaired) electrons. The van der Waals surface area contributed by atoms with Crippen molar-refractivity contribution in [1.29, 1.82) is 0 Å². The number of imide groups is 1. The van der Waals surface area contributed by atoms with Crippen LogP contribution in [0.4, 0.5) is 4.79 Å². The summed E-state index contributed by atoms with van der Waals surface area (Å²) in [6, 6.07) is 13.9. The third-order valence-corrected chi connectivity index (χ3v) is 6.06. The van der Waals surface area contributed by atoms with Gasteiger partial charge in [-0.1, -0.05) is 50.2 Å². The van der Waals surface area contributed by atoms with Gasteiger partial charge in [-0.2, -0.15) is 5.01 Å². The zero-order valence-corrected chi connectivity index (χ0v) is 19.6. The summed E-state index contributed by atoms with van der Waals surface area (Å²) in [5.41, 5.74) is 2.78. The van der Waals surface area contributed by atoms with Crippen LogP contribution >= 0.6 is 0 Å². The second-order valence-corrected chi connectivity index (χ2v) is 8.96. The van der Waals surface area contributed by atoms with E-state index in [0.717, 1.165) is 17.0 Å². The first kappa shape index (κ1) is 23.6. The number of ether oxygens (including phenoxy) is 2. The maximum absolute atomic E-state index is 13.0. The summed E-state index contributed by atoms with van der Waals surface area (Å²) in [5, 5.41) is 6.65. The van der Waals surface area contributed by atoms with Gasteiger partial charge in [-0.25, -0.2) is 4.79 Å². The van der Waals surface area contributed by atoms with E-state index in [9.17, 15) is 14.4 Å². The molecule has 2 heterocycles. The van der Waals surface area contributed by atoms with Crippen LogP contribution in [0.3, 0.4) is 0 Å². The molecule has 34 heavy (non-hydrogen) atoms. The monoisotopic (exact) mass is 466 g/mol. The van der Waals surface area contributed by atoms with Crippen molar-refractivity contribution in [2.75, 3.05) is 19.8 Å². The van der Waals surface area contributed by atoms with Crippen LogP contribution in [0.25, 0.3) is 0 Å². The number of carbonyl (C=O) groups is 3. The summed E-state index contributed by atoms with van der Waals surface area (Å²) < 4.78 is 11.5. The molecule has 0 aromatic heterocycles. The number of nitrogens with zero attached hydrogens (tertiary/aromatic N) is 1. The number of rotatable bonds is 7. The van der Waals surface area contributed by atoms with Crippen molar-refractivity contribution < 1.29 is 23.9 Å². The van der Waals surface area contributed by atoms with Gasteiger partial charge in [-0.15, -0.1) is 0 Å². The fourth-order valence-electron chi connectivity index (χ4n) is 4.19. The van der Waals surface area contributed by atoms with Gasteiger partial charge >= 0.3 is 6.03 Å². The van der Waals surface area contributed by atoms with Crippen molar-refractivity contribution in [3.05, 3.63) is 59.7 Å². The van der Waals surface area contributed by atoms with Gasteiger partial charge in [0.05, 0.1) is 19.8 Å². The number of hydrogen-bond donors (Lipinski definition) is 3. The van der Waals surface area contributed by atoms with Crippen LogP contribution in [0.2, 0.25) is 0 Å². The number of fused-ring (bicyclic) bond motifs is 1. The van der Waals surface area contributed by atoms with Gasteiger partial charge in [0.2, 0.25) is 0 Å². The van der Waals surface area contributed by atoms with Crippen molar-refractivity contribution >= 4 is 17.8 Å². The summed E-state index contributed by atoms with van der Waals surface area (Å²) in [5.74, 6) is 0.518. The highest BCUT2D eigenvalue weighted by molar-refractivity contribution is 6.08. The minimum Gasteiger partial charge on any atom is -0.490 e. The molecule has 9 heteroatoms.